The first-order chi connectivity index (χ1) is 15.6. The molecule has 1 saturated heterocycles. The standard InChI is InChI=1S/C23H36N4O6/c1-18-3-5-19(6-4-18)13-20(14-26(16-22(30)31)17-23(32)33)27-11-8-24(2)7-9-25(10-12-27)15-21(28)29/h3-6,20H,7-17H2,1-2H3,(H,28,29)(H,30,31)(H,32,33). The summed E-state index contributed by atoms with van der Waals surface area (Å²) in [6.07, 6.45) is 0.638. The molecule has 184 valence electrons. The second-order valence-corrected chi connectivity index (χ2v) is 8.81. The van der Waals surface area contributed by atoms with E-state index < -0.39 is 17.9 Å². The minimum Gasteiger partial charge on any atom is -0.480 e. The topological polar surface area (TPSA) is 125 Å². The van der Waals surface area contributed by atoms with Crippen molar-refractivity contribution in [2.75, 3.05) is 72.5 Å². The van der Waals surface area contributed by atoms with Gasteiger partial charge in [-0.25, -0.2) is 0 Å². The van der Waals surface area contributed by atoms with Crippen LogP contribution in [0, 0.1) is 6.92 Å². The molecule has 0 amide bonds. The molecule has 0 bridgehead atoms. The van der Waals surface area contributed by atoms with Crippen LogP contribution in [0.5, 0.6) is 0 Å². The smallest absolute Gasteiger partial charge is 0.317 e. The number of benzene rings is 1. The van der Waals surface area contributed by atoms with Crippen LogP contribution in [0.4, 0.5) is 0 Å². The highest BCUT2D eigenvalue weighted by Gasteiger charge is 2.26. The molecule has 0 radical (unpaired) electrons. The van der Waals surface area contributed by atoms with E-state index in [9.17, 15) is 29.7 Å². The van der Waals surface area contributed by atoms with Crippen LogP contribution in [0.15, 0.2) is 24.3 Å². The number of carbonyl (C=O) groups is 3. The Morgan fingerprint density at radius 3 is 2.00 bits per heavy atom. The van der Waals surface area contributed by atoms with E-state index in [-0.39, 0.29) is 32.2 Å². The van der Waals surface area contributed by atoms with Crippen molar-refractivity contribution in [3.05, 3.63) is 35.4 Å². The Bertz CT molecular complexity index is 772. The summed E-state index contributed by atoms with van der Waals surface area (Å²) in [6.45, 7) is 5.67. The van der Waals surface area contributed by atoms with Crippen molar-refractivity contribution in [3.63, 3.8) is 0 Å². The summed E-state index contributed by atoms with van der Waals surface area (Å²) >= 11 is 0. The number of aryl methyl sites for hydroxylation is 1. The summed E-state index contributed by atoms with van der Waals surface area (Å²) in [4.78, 5) is 41.8. The van der Waals surface area contributed by atoms with Crippen LogP contribution in [0.25, 0.3) is 0 Å². The fraction of sp³-hybridized carbons (Fsp3) is 0.609. The monoisotopic (exact) mass is 464 g/mol. The molecule has 1 unspecified atom stereocenters. The average molecular weight is 465 g/mol. The molecular weight excluding hydrogens is 428 g/mol. The molecule has 0 spiro atoms. The lowest BCUT2D eigenvalue weighted by molar-refractivity contribution is -0.142. The third-order valence-electron chi connectivity index (χ3n) is 5.92. The number of hydrogen-bond acceptors (Lipinski definition) is 7. The summed E-state index contributed by atoms with van der Waals surface area (Å²) in [5, 5.41) is 27.8. The van der Waals surface area contributed by atoms with Gasteiger partial charge in [-0.2, -0.15) is 0 Å². The van der Waals surface area contributed by atoms with Gasteiger partial charge in [0, 0.05) is 51.9 Å². The minimum absolute atomic E-state index is 0.0333. The largest absolute Gasteiger partial charge is 0.480 e. The summed E-state index contributed by atoms with van der Waals surface area (Å²) in [7, 11) is 2.00. The lowest BCUT2D eigenvalue weighted by Gasteiger charge is -2.36. The van der Waals surface area contributed by atoms with Gasteiger partial charge in [0.25, 0.3) is 0 Å². The molecule has 1 aliphatic rings. The van der Waals surface area contributed by atoms with Crippen molar-refractivity contribution in [3.8, 4) is 0 Å². The highest BCUT2D eigenvalue weighted by Crippen LogP contribution is 2.14. The van der Waals surface area contributed by atoms with E-state index in [1.54, 1.807) is 0 Å². The molecular formula is C23H36N4O6. The van der Waals surface area contributed by atoms with E-state index in [0.717, 1.165) is 30.8 Å². The first-order valence-corrected chi connectivity index (χ1v) is 11.2. The van der Waals surface area contributed by atoms with Crippen LogP contribution >= 0.6 is 0 Å². The average Bonchev–Trinajstić information content (AvgIpc) is 2.79. The molecule has 1 atom stereocenters. The Labute approximate surface area is 195 Å². The maximum absolute atomic E-state index is 11.4. The Morgan fingerprint density at radius 1 is 0.879 bits per heavy atom. The highest BCUT2D eigenvalue weighted by atomic mass is 16.4. The van der Waals surface area contributed by atoms with Crippen LogP contribution in [0.2, 0.25) is 0 Å². The first-order valence-electron chi connectivity index (χ1n) is 11.2. The van der Waals surface area contributed by atoms with Crippen molar-refractivity contribution in [1.29, 1.82) is 0 Å². The highest BCUT2D eigenvalue weighted by molar-refractivity contribution is 5.72. The summed E-state index contributed by atoms with van der Waals surface area (Å²) in [5.41, 5.74) is 2.23. The fourth-order valence-electron chi connectivity index (χ4n) is 4.10. The normalized spacial score (nSPS) is 17.8. The number of carboxylic acids is 3. The minimum atomic E-state index is -1.07. The van der Waals surface area contributed by atoms with Crippen LogP contribution < -0.4 is 0 Å². The van der Waals surface area contributed by atoms with Gasteiger partial charge in [-0.1, -0.05) is 29.8 Å². The Hall–Kier alpha value is -2.53. The van der Waals surface area contributed by atoms with E-state index in [0.29, 0.717) is 26.1 Å². The van der Waals surface area contributed by atoms with Crippen LogP contribution in [0.1, 0.15) is 11.1 Å². The van der Waals surface area contributed by atoms with E-state index in [1.165, 1.54) is 4.90 Å². The number of likely N-dealkylation sites (N-methyl/N-ethyl adjacent to an activating group) is 1. The molecule has 2 rings (SSSR count). The van der Waals surface area contributed by atoms with Crippen molar-refractivity contribution >= 4 is 17.9 Å². The molecule has 1 aliphatic heterocycles. The number of aliphatic carboxylic acids is 3. The molecule has 1 aromatic carbocycles. The maximum atomic E-state index is 11.4. The summed E-state index contributed by atoms with van der Waals surface area (Å²) in [6, 6.07) is 8.02. The predicted molar refractivity (Wildman–Crippen MR) is 124 cm³/mol. The molecule has 0 aliphatic carbocycles. The second kappa shape index (κ2) is 13.2. The van der Waals surface area contributed by atoms with Crippen molar-refractivity contribution < 1.29 is 29.7 Å². The summed E-state index contributed by atoms with van der Waals surface area (Å²) in [5.74, 6) is -3.00. The van der Waals surface area contributed by atoms with Gasteiger partial charge in [-0.15, -0.1) is 0 Å². The van der Waals surface area contributed by atoms with Gasteiger partial charge in [0.05, 0.1) is 19.6 Å². The van der Waals surface area contributed by atoms with E-state index in [2.05, 4.69) is 9.80 Å². The van der Waals surface area contributed by atoms with Gasteiger partial charge >= 0.3 is 17.9 Å². The van der Waals surface area contributed by atoms with E-state index >= 15 is 0 Å². The van der Waals surface area contributed by atoms with Crippen molar-refractivity contribution in [2.45, 2.75) is 19.4 Å². The number of rotatable bonds is 11. The predicted octanol–water partition coefficient (Wildman–Crippen LogP) is 0.0113. The Kier molecular flexibility index (Phi) is 10.7. The van der Waals surface area contributed by atoms with Gasteiger partial charge in [0.2, 0.25) is 0 Å². The van der Waals surface area contributed by atoms with Crippen LogP contribution in [-0.2, 0) is 20.8 Å². The molecule has 10 heteroatoms. The third kappa shape index (κ3) is 10.3. The SMILES string of the molecule is Cc1ccc(CC(CN(CC(=O)O)CC(=O)O)N2CCN(C)CCN(CC(=O)O)CC2)cc1. The van der Waals surface area contributed by atoms with Gasteiger partial charge in [0.15, 0.2) is 0 Å². The molecule has 0 saturated carbocycles. The zero-order chi connectivity index (χ0) is 24.4. The lowest BCUT2D eigenvalue weighted by atomic mass is 10.0. The third-order valence-corrected chi connectivity index (χ3v) is 5.92. The number of nitrogens with zero attached hydrogens (tertiary/aromatic N) is 4. The maximum Gasteiger partial charge on any atom is 0.317 e. The molecule has 1 aromatic rings. The molecule has 1 heterocycles. The van der Waals surface area contributed by atoms with E-state index in [1.807, 2.05) is 43.1 Å². The fourth-order valence-corrected chi connectivity index (χ4v) is 4.10. The van der Waals surface area contributed by atoms with Crippen LogP contribution in [0.3, 0.4) is 0 Å². The summed E-state index contributed by atoms with van der Waals surface area (Å²) < 4.78 is 0. The van der Waals surface area contributed by atoms with Gasteiger partial charge in [-0.3, -0.25) is 29.1 Å². The van der Waals surface area contributed by atoms with Gasteiger partial charge in [0.1, 0.15) is 0 Å². The molecule has 3 N–H and O–H groups in total. The zero-order valence-corrected chi connectivity index (χ0v) is 19.5. The first kappa shape index (κ1) is 26.7. The molecule has 10 nitrogen and oxygen atoms in total. The number of hydrogen-bond donors (Lipinski definition) is 3. The molecule has 33 heavy (non-hydrogen) atoms. The van der Waals surface area contributed by atoms with Crippen LogP contribution in [-0.4, -0.2) is 131 Å². The second-order valence-electron chi connectivity index (χ2n) is 8.81. The molecule has 0 aromatic heterocycles. The zero-order valence-electron chi connectivity index (χ0n) is 19.5. The number of carboxylic acid groups (broad SMARTS) is 3. The Balaban J connectivity index is 2.27. The van der Waals surface area contributed by atoms with E-state index in [4.69, 9.17) is 0 Å². The van der Waals surface area contributed by atoms with Crippen molar-refractivity contribution in [1.82, 2.24) is 19.6 Å². The lowest BCUT2D eigenvalue weighted by Crippen LogP contribution is -2.50. The van der Waals surface area contributed by atoms with Crippen molar-refractivity contribution in [2.24, 2.45) is 0 Å². The van der Waals surface area contributed by atoms with Gasteiger partial charge < -0.3 is 20.2 Å². The quantitative estimate of drug-likeness (QED) is 0.412. The van der Waals surface area contributed by atoms with Gasteiger partial charge in [-0.05, 0) is 26.0 Å². The Morgan fingerprint density at radius 2 is 1.42 bits per heavy atom. The molecule has 1 fully saturated rings.